The second-order valence-electron chi connectivity index (χ2n) is 6.78. The first-order valence-electron chi connectivity index (χ1n) is 9.27. The number of nitro groups is 1. The molecular weight excluding hydrogens is 477 g/mol. The van der Waals surface area contributed by atoms with Crippen LogP contribution in [0.15, 0.2) is 29.0 Å². The van der Waals surface area contributed by atoms with Crippen molar-refractivity contribution < 1.29 is 18.9 Å². The van der Waals surface area contributed by atoms with Crippen molar-refractivity contribution in [3.8, 4) is 0 Å². The lowest BCUT2D eigenvalue weighted by molar-refractivity contribution is -0.383. The molecule has 0 saturated carbocycles. The third-order valence-corrected chi connectivity index (χ3v) is 5.20. The first kappa shape index (κ1) is 22.3. The van der Waals surface area contributed by atoms with Gasteiger partial charge in [0.05, 0.1) is 11.5 Å². The van der Waals surface area contributed by atoms with Gasteiger partial charge in [0.2, 0.25) is 23.5 Å². The van der Waals surface area contributed by atoms with Gasteiger partial charge in [0, 0.05) is 23.1 Å². The van der Waals surface area contributed by atoms with E-state index in [-0.39, 0.29) is 30.3 Å². The van der Waals surface area contributed by atoms with Crippen molar-refractivity contribution >= 4 is 45.1 Å². The Morgan fingerprint density at radius 3 is 2.87 bits per heavy atom. The predicted molar refractivity (Wildman–Crippen MR) is 113 cm³/mol. The molecule has 0 bridgehead atoms. The van der Waals surface area contributed by atoms with Crippen LogP contribution in [-0.4, -0.2) is 45.8 Å². The molecule has 13 heteroatoms. The molecule has 1 atom stereocenters. The fourth-order valence-corrected chi connectivity index (χ4v) is 3.73. The number of nitrogens with one attached hydrogen (secondary N) is 2. The molecule has 2 amide bonds. The number of carbonyl (C=O) groups excluding carboxylic acids is 2. The van der Waals surface area contributed by atoms with Crippen molar-refractivity contribution in [2.24, 2.45) is 5.73 Å². The average Bonchev–Trinajstić information content (AvgIpc) is 3.22. The predicted octanol–water partition coefficient (Wildman–Crippen LogP) is 1.47. The second-order valence-corrected chi connectivity index (χ2v) is 7.69. The Balaban J connectivity index is 1.87. The molecular formula is C18H19BrFN7O4. The molecule has 1 aromatic heterocycles. The zero-order chi connectivity index (χ0) is 22.5. The van der Waals surface area contributed by atoms with Crippen LogP contribution in [0.25, 0.3) is 0 Å². The fraction of sp³-hybridized carbons (Fsp3) is 0.333. The topological polar surface area (TPSA) is 156 Å². The molecule has 0 radical (unpaired) electrons. The summed E-state index contributed by atoms with van der Waals surface area (Å²) in [4.78, 5) is 44.1. The van der Waals surface area contributed by atoms with E-state index >= 15 is 0 Å². The quantitative estimate of drug-likeness (QED) is 0.367. The molecule has 1 aliphatic rings. The van der Waals surface area contributed by atoms with E-state index in [1.807, 2.05) is 0 Å². The van der Waals surface area contributed by atoms with Crippen molar-refractivity contribution in [2.45, 2.75) is 25.4 Å². The van der Waals surface area contributed by atoms with Crippen LogP contribution in [0.1, 0.15) is 18.4 Å². The summed E-state index contributed by atoms with van der Waals surface area (Å²) in [5.41, 5.74) is 4.92. The van der Waals surface area contributed by atoms with Crippen LogP contribution in [0.3, 0.4) is 0 Å². The highest BCUT2D eigenvalue weighted by Crippen LogP contribution is 2.36. The van der Waals surface area contributed by atoms with E-state index in [2.05, 4.69) is 36.5 Å². The molecule has 4 N–H and O–H groups in total. The molecule has 2 heterocycles. The number of hydrogen-bond donors (Lipinski definition) is 3. The number of aromatic nitrogens is 2. The molecule has 3 rings (SSSR count). The monoisotopic (exact) mass is 495 g/mol. The molecule has 1 saturated heterocycles. The van der Waals surface area contributed by atoms with Gasteiger partial charge < -0.3 is 21.3 Å². The largest absolute Gasteiger partial charge is 0.368 e. The Bertz CT molecular complexity index is 1020. The maximum absolute atomic E-state index is 14.0. The molecule has 164 valence electrons. The van der Waals surface area contributed by atoms with Gasteiger partial charge in [-0.25, -0.2) is 14.4 Å². The number of benzene rings is 1. The van der Waals surface area contributed by atoms with E-state index in [9.17, 15) is 24.1 Å². The van der Waals surface area contributed by atoms with Crippen LogP contribution in [0.5, 0.6) is 0 Å². The van der Waals surface area contributed by atoms with Gasteiger partial charge in [-0.3, -0.25) is 19.7 Å². The molecule has 0 aliphatic carbocycles. The van der Waals surface area contributed by atoms with Crippen LogP contribution in [0.4, 0.5) is 21.7 Å². The van der Waals surface area contributed by atoms with Gasteiger partial charge in [-0.15, -0.1) is 0 Å². The number of hydrogen-bond acceptors (Lipinski definition) is 8. The summed E-state index contributed by atoms with van der Waals surface area (Å²) in [6, 6.07) is 3.63. The van der Waals surface area contributed by atoms with Crippen LogP contribution in [0, 0.1) is 15.9 Å². The first-order chi connectivity index (χ1) is 14.8. The van der Waals surface area contributed by atoms with E-state index in [0.717, 1.165) is 6.33 Å². The molecule has 11 nitrogen and oxygen atoms in total. The Labute approximate surface area is 184 Å². The van der Waals surface area contributed by atoms with Gasteiger partial charge in [0.15, 0.2) is 0 Å². The van der Waals surface area contributed by atoms with Crippen molar-refractivity contribution in [1.82, 2.24) is 15.3 Å². The normalized spacial score (nSPS) is 15.5. The van der Waals surface area contributed by atoms with Gasteiger partial charge in [-0.1, -0.05) is 15.9 Å². The van der Waals surface area contributed by atoms with E-state index in [1.165, 1.54) is 11.0 Å². The lowest BCUT2D eigenvalue weighted by Crippen LogP contribution is -2.46. The Hall–Kier alpha value is -3.35. The number of halogens is 2. The minimum atomic E-state index is -0.747. The van der Waals surface area contributed by atoms with Crippen LogP contribution in [0.2, 0.25) is 0 Å². The standard InChI is InChI=1S/C18H19BrFN7O4/c19-11-3-4-12(20)10(6-11)7-22-16-15(27(30)31)17(25-9-24-16)26-5-1-2-13(26)18(29)23-8-14(21)28/h3-4,6,9,13H,1-2,5,7-8H2,(H2,21,28)(H,23,29)(H,22,24,25). The fourth-order valence-electron chi connectivity index (χ4n) is 3.32. The summed E-state index contributed by atoms with van der Waals surface area (Å²) in [5.74, 6) is -1.78. The third kappa shape index (κ3) is 5.23. The third-order valence-electron chi connectivity index (χ3n) is 4.70. The van der Waals surface area contributed by atoms with Crippen molar-refractivity contribution in [2.75, 3.05) is 23.3 Å². The maximum Gasteiger partial charge on any atom is 0.353 e. The summed E-state index contributed by atoms with van der Waals surface area (Å²) in [7, 11) is 0. The summed E-state index contributed by atoms with van der Waals surface area (Å²) < 4.78 is 14.7. The Morgan fingerprint density at radius 2 is 2.16 bits per heavy atom. The molecule has 1 aromatic carbocycles. The summed E-state index contributed by atoms with van der Waals surface area (Å²) in [6.45, 7) is -0.0304. The molecule has 31 heavy (non-hydrogen) atoms. The highest BCUT2D eigenvalue weighted by Gasteiger charge is 2.37. The SMILES string of the molecule is NC(=O)CNC(=O)C1CCCN1c1ncnc(NCc2cc(Br)ccc2F)c1[N+](=O)[O-]. The van der Waals surface area contributed by atoms with Gasteiger partial charge in [0.25, 0.3) is 0 Å². The number of carbonyl (C=O) groups is 2. The summed E-state index contributed by atoms with van der Waals surface area (Å²) in [5, 5.41) is 17.0. The van der Waals surface area contributed by atoms with Crippen molar-refractivity contribution in [3.63, 3.8) is 0 Å². The number of primary amides is 1. The number of amides is 2. The van der Waals surface area contributed by atoms with Crippen LogP contribution in [-0.2, 0) is 16.1 Å². The number of rotatable bonds is 8. The summed E-state index contributed by atoms with van der Waals surface area (Å²) in [6.07, 6.45) is 2.16. The Kier molecular flexibility index (Phi) is 6.95. The maximum atomic E-state index is 14.0. The molecule has 1 unspecified atom stereocenters. The minimum absolute atomic E-state index is 0.0334. The first-order valence-corrected chi connectivity index (χ1v) is 10.1. The molecule has 2 aromatic rings. The van der Waals surface area contributed by atoms with E-state index in [4.69, 9.17) is 5.73 Å². The zero-order valence-corrected chi connectivity index (χ0v) is 17.8. The highest BCUT2D eigenvalue weighted by atomic mass is 79.9. The second kappa shape index (κ2) is 9.64. The van der Waals surface area contributed by atoms with Gasteiger partial charge >= 0.3 is 5.69 Å². The van der Waals surface area contributed by atoms with Crippen molar-refractivity contribution in [3.05, 3.63) is 50.5 Å². The summed E-state index contributed by atoms with van der Waals surface area (Å²) >= 11 is 3.26. The minimum Gasteiger partial charge on any atom is -0.368 e. The number of nitrogens with two attached hydrogens (primary N) is 1. The lowest BCUT2D eigenvalue weighted by Gasteiger charge is -2.24. The zero-order valence-electron chi connectivity index (χ0n) is 16.2. The van der Waals surface area contributed by atoms with Crippen molar-refractivity contribution in [1.29, 1.82) is 0 Å². The lowest BCUT2D eigenvalue weighted by atomic mass is 10.2. The van der Waals surface area contributed by atoms with Gasteiger partial charge in [-0.05, 0) is 31.0 Å². The smallest absolute Gasteiger partial charge is 0.353 e. The van der Waals surface area contributed by atoms with E-state index in [0.29, 0.717) is 23.9 Å². The molecule has 1 fully saturated rings. The van der Waals surface area contributed by atoms with E-state index < -0.39 is 34.3 Å². The number of anilines is 2. The average molecular weight is 496 g/mol. The molecule has 0 spiro atoms. The van der Waals surface area contributed by atoms with Gasteiger partial charge in [-0.2, -0.15) is 0 Å². The highest BCUT2D eigenvalue weighted by molar-refractivity contribution is 9.10. The van der Waals surface area contributed by atoms with Gasteiger partial charge in [0.1, 0.15) is 18.2 Å². The Morgan fingerprint density at radius 1 is 1.39 bits per heavy atom. The number of nitrogens with zero attached hydrogens (tertiary/aromatic N) is 4. The molecule has 1 aliphatic heterocycles. The van der Waals surface area contributed by atoms with Crippen LogP contribution >= 0.6 is 15.9 Å². The van der Waals surface area contributed by atoms with Crippen LogP contribution < -0.4 is 21.3 Å². The van der Waals surface area contributed by atoms with E-state index in [1.54, 1.807) is 12.1 Å².